The van der Waals surface area contributed by atoms with Gasteiger partial charge in [-0.05, 0) is 83.5 Å². The van der Waals surface area contributed by atoms with Gasteiger partial charge in [0.25, 0.3) is 0 Å². The highest BCUT2D eigenvalue weighted by atomic mass is 16.7. The Balaban J connectivity index is 2.23. The van der Waals surface area contributed by atoms with Crippen molar-refractivity contribution in [3.8, 4) is 0 Å². The van der Waals surface area contributed by atoms with E-state index in [4.69, 9.17) is 18.9 Å². The second kappa shape index (κ2) is 43.9. The van der Waals surface area contributed by atoms with E-state index in [0.717, 1.165) is 77.0 Å². The van der Waals surface area contributed by atoms with Crippen LogP contribution in [0.5, 0.6) is 0 Å². The number of carbonyl (C=O) groups is 1. The average molecular weight is 873 g/mol. The van der Waals surface area contributed by atoms with Crippen molar-refractivity contribution in [2.75, 3.05) is 26.4 Å². The summed E-state index contributed by atoms with van der Waals surface area (Å²) in [5, 5.41) is 40.2. The number of ether oxygens (including phenoxy) is 4. The van der Waals surface area contributed by atoms with Gasteiger partial charge in [0.15, 0.2) is 6.29 Å². The summed E-state index contributed by atoms with van der Waals surface area (Å²) in [5.74, 6) is -0.326. The largest absolute Gasteiger partial charge is 0.457 e. The maximum absolute atomic E-state index is 12.8. The van der Waals surface area contributed by atoms with E-state index in [1.807, 2.05) is 0 Å². The Bertz CT molecular complexity index is 1180. The SMILES string of the molecule is CC/C=C\C/C=C\C/C=C\C/C=C\CCCCCCCCCCC(=O)OC(COCCCCCCCCCC/C=C\C/C=C\CCCCC)COC1OC(CO)C(O)C(O)C1O. The predicted octanol–water partition coefficient (Wildman–Crippen LogP) is 12.0. The zero-order valence-corrected chi connectivity index (χ0v) is 39.3. The molecule has 9 nitrogen and oxygen atoms in total. The minimum absolute atomic E-state index is 0.122. The highest BCUT2D eigenvalue weighted by Crippen LogP contribution is 2.22. The van der Waals surface area contributed by atoms with Gasteiger partial charge < -0.3 is 39.4 Å². The molecule has 0 bridgehead atoms. The summed E-state index contributed by atoms with van der Waals surface area (Å²) in [6.07, 6.45) is 50.7. The number of aliphatic hydroxyl groups is 4. The van der Waals surface area contributed by atoms with Gasteiger partial charge in [-0.25, -0.2) is 0 Å². The quantitative estimate of drug-likeness (QED) is 0.0269. The minimum atomic E-state index is -1.54. The lowest BCUT2D eigenvalue weighted by molar-refractivity contribution is -0.305. The van der Waals surface area contributed by atoms with Gasteiger partial charge in [0.1, 0.15) is 30.5 Å². The van der Waals surface area contributed by atoms with E-state index < -0.39 is 43.4 Å². The molecule has 0 amide bonds. The zero-order valence-electron chi connectivity index (χ0n) is 39.3. The molecule has 1 heterocycles. The van der Waals surface area contributed by atoms with Crippen LogP contribution in [0.25, 0.3) is 0 Å². The molecule has 0 aromatic carbocycles. The van der Waals surface area contributed by atoms with Crippen LogP contribution in [0.2, 0.25) is 0 Å². The van der Waals surface area contributed by atoms with E-state index in [9.17, 15) is 25.2 Å². The first-order chi connectivity index (χ1) is 30.4. The van der Waals surface area contributed by atoms with Crippen molar-refractivity contribution < 1.29 is 44.2 Å². The lowest BCUT2D eigenvalue weighted by Crippen LogP contribution is -2.59. The second-order valence-corrected chi connectivity index (χ2v) is 16.9. The summed E-state index contributed by atoms with van der Waals surface area (Å²) in [6, 6.07) is 0. The Hall–Kier alpha value is -2.37. The molecule has 1 fully saturated rings. The highest BCUT2D eigenvalue weighted by molar-refractivity contribution is 5.69. The first-order valence-corrected chi connectivity index (χ1v) is 25.0. The first kappa shape index (κ1) is 57.6. The van der Waals surface area contributed by atoms with Gasteiger partial charge in [0, 0.05) is 13.0 Å². The molecular formula is C53H92O9. The summed E-state index contributed by atoms with van der Waals surface area (Å²) in [6.45, 7) is 4.40. The van der Waals surface area contributed by atoms with Crippen LogP contribution in [-0.4, -0.2) is 89.6 Å². The normalized spacial score (nSPS) is 20.4. The molecule has 1 aliphatic rings. The van der Waals surface area contributed by atoms with Crippen LogP contribution in [0.15, 0.2) is 72.9 Å². The molecule has 0 aromatic heterocycles. The average Bonchev–Trinajstić information content (AvgIpc) is 3.27. The van der Waals surface area contributed by atoms with E-state index >= 15 is 0 Å². The second-order valence-electron chi connectivity index (χ2n) is 16.9. The Morgan fingerprint density at radius 1 is 0.532 bits per heavy atom. The highest BCUT2D eigenvalue weighted by Gasteiger charge is 2.44. The molecule has 0 spiro atoms. The molecule has 4 N–H and O–H groups in total. The van der Waals surface area contributed by atoms with E-state index in [2.05, 4.69) is 86.8 Å². The van der Waals surface area contributed by atoms with Crippen molar-refractivity contribution in [2.24, 2.45) is 0 Å². The molecule has 6 unspecified atom stereocenters. The lowest BCUT2D eigenvalue weighted by Gasteiger charge is -2.39. The molecule has 0 saturated carbocycles. The van der Waals surface area contributed by atoms with Crippen molar-refractivity contribution >= 4 is 5.97 Å². The maximum Gasteiger partial charge on any atom is 0.306 e. The van der Waals surface area contributed by atoms with Crippen LogP contribution in [0.4, 0.5) is 0 Å². The first-order valence-electron chi connectivity index (χ1n) is 25.0. The number of hydrogen-bond donors (Lipinski definition) is 4. The number of hydrogen-bond acceptors (Lipinski definition) is 9. The van der Waals surface area contributed by atoms with Crippen molar-refractivity contribution in [2.45, 2.75) is 230 Å². The molecule has 1 saturated heterocycles. The fourth-order valence-electron chi connectivity index (χ4n) is 7.22. The fraction of sp³-hybridized carbons (Fsp3) is 0.755. The van der Waals surface area contributed by atoms with Gasteiger partial charge >= 0.3 is 5.97 Å². The molecule has 62 heavy (non-hydrogen) atoms. The maximum atomic E-state index is 12.8. The van der Waals surface area contributed by atoms with Crippen molar-refractivity contribution in [3.63, 3.8) is 0 Å². The molecule has 0 aromatic rings. The number of unbranched alkanes of at least 4 members (excludes halogenated alkanes) is 19. The van der Waals surface area contributed by atoms with E-state index in [1.165, 1.54) is 96.3 Å². The van der Waals surface area contributed by atoms with E-state index in [-0.39, 0.29) is 19.2 Å². The number of allylic oxidation sites excluding steroid dienone is 12. The minimum Gasteiger partial charge on any atom is -0.457 e. The molecule has 1 rings (SSSR count). The number of esters is 1. The summed E-state index contributed by atoms with van der Waals surface area (Å²) < 4.78 is 22.9. The number of aliphatic hydroxyl groups excluding tert-OH is 4. The van der Waals surface area contributed by atoms with Crippen LogP contribution in [0.1, 0.15) is 194 Å². The lowest BCUT2D eigenvalue weighted by atomic mass is 9.99. The van der Waals surface area contributed by atoms with E-state index in [1.54, 1.807) is 0 Å². The Morgan fingerprint density at radius 3 is 1.48 bits per heavy atom. The van der Waals surface area contributed by atoms with Crippen LogP contribution < -0.4 is 0 Å². The van der Waals surface area contributed by atoms with Crippen LogP contribution in [-0.2, 0) is 23.7 Å². The Kier molecular flexibility index (Phi) is 40.8. The third kappa shape index (κ3) is 34.1. The third-order valence-electron chi connectivity index (χ3n) is 11.1. The molecule has 358 valence electrons. The monoisotopic (exact) mass is 873 g/mol. The summed E-state index contributed by atoms with van der Waals surface area (Å²) >= 11 is 0. The number of rotatable bonds is 42. The van der Waals surface area contributed by atoms with Gasteiger partial charge in [0.2, 0.25) is 0 Å². The van der Waals surface area contributed by atoms with Crippen molar-refractivity contribution in [1.29, 1.82) is 0 Å². The van der Waals surface area contributed by atoms with Crippen molar-refractivity contribution in [1.82, 2.24) is 0 Å². The Morgan fingerprint density at radius 2 is 0.984 bits per heavy atom. The smallest absolute Gasteiger partial charge is 0.306 e. The van der Waals surface area contributed by atoms with Crippen LogP contribution in [0, 0.1) is 0 Å². The Labute approximate surface area is 378 Å². The topological polar surface area (TPSA) is 135 Å². The molecule has 6 atom stereocenters. The summed E-state index contributed by atoms with van der Waals surface area (Å²) in [7, 11) is 0. The molecule has 0 aliphatic carbocycles. The van der Waals surface area contributed by atoms with Gasteiger partial charge in [-0.1, -0.05) is 177 Å². The van der Waals surface area contributed by atoms with Gasteiger partial charge in [-0.15, -0.1) is 0 Å². The van der Waals surface area contributed by atoms with E-state index in [0.29, 0.717) is 13.0 Å². The summed E-state index contributed by atoms with van der Waals surface area (Å²) in [4.78, 5) is 12.8. The zero-order chi connectivity index (χ0) is 45.0. The summed E-state index contributed by atoms with van der Waals surface area (Å²) in [5.41, 5.74) is 0. The fourth-order valence-corrected chi connectivity index (χ4v) is 7.22. The molecular weight excluding hydrogens is 781 g/mol. The van der Waals surface area contributed by atoms with Crippen LogP contribution >= 0.6 is 0 Å². The molecule has 1 aliphatic heterocycles. The molecule has 0 radical (unpaired) electrons. The van der Waals surface area contributed by atoms with Crippen LogP contribution in [0.3, 0.4) is 0 Å². The third-order valence-corrected chi connectivity index (χ3v) is 11.1. The molecule has 9 heteroatoms. The van der Waals surface area contributed by atoms with Gasteiger partial charge in [-0.3, -0.25) is 4.79 Å². The van der Waals surface area contributed by atoms with Gasteiger partial charge in [-0.2, -0.15) is 0 Å². The number of carbonyl (C=O) groups excluding carboxylic acids is 1. The standard InChI is InChI=1S/C53H92O9/c1-3-5-7-9-11-13-15-17-19-21-23-24-25-26-28-30-32-34-36-38-40-42-49(55)61-47(46-60-53-52(58)51(57)50(56)48(44-54)62-53)45-59-43-41-39-37-35-33-31-29-27-22-20-18-16-14-12-10-8-6-4-2/h5,7,11-14,17-20,23-24,47-48,50-54,56-58H,3-4,6,8-10,15-16,21-22,25-46H2,1-2H3/b7-5-,13-11-,14-12-,19-17-,20-18-,24-23-. The van der Waals surface area contributed by atoms with Crippen molar-refractivity contribution in [3.05, 3.63) is 72.9 Å². The predicted molar refractivity (Wildman–Crippen MR) is 256 cm³/mol. The van der Waals surface area contributed by atoms with Gasteiger partial charge in [0.05, 0.1) is 19.8 Å².